The summed E-state index contributed by atoms with van der Waals surface area (Å²) in [5.41, 5.74) is 1.04. The van der Waals surface area contributed by atoms with Gasteiger partial charge in [0.1, 0.15) is 12.4 Å². The first-order valence-electron chi connectivity index (χ1n) is 6.09. The summed E-state index contributed by atoms with van der Waals surface area (Å²) >= 11 is 0. The maximum Gasteiger partial charge on any atom is 0.336 e. The van der Waals surface area contributed by atoms with E-state index >= 15 is 0 Å². The smallest absolute Gasteiger partial charge is 0.336 e. The van der Waals surface area contributed by atoms with E-state index in [-0.39, 0.29) is 18.9 Å². The van der Waals surface area contributed by atoms with Gasteiger partial charge >= 0.3 is 5.97 Å². The van der Waals surface area contributed by atoms with Gasteiger partial charge in [-0.25, -0.2) is 4.79 Å². The molecule has 0 aliphatic carbocycles. The van der Waals surface area contributed by atoms with Crippen molar-refractivity contribution in [1.29, 1.82) is 0 Å². The van der Waals surface area contributed by atoms with E-state index in [0.717, 1.165) is 0 Å². The van der Waals surface area contributed by atoms with Crippen LogP contribution in [0.2, 0.25) is 0 Å². The zero-order valence-electron chi connectivity index (χ0n) is 11.6. The fraction of sp³-hybridized carbons (Fsp3) is 0.462. The lowest BCUT2D eigenvalue weighted by Crippen LogP contribution is -2.30. The van der Waals surface area contributed by atoms with Crippen LogP contribution >= 0.6 is 0 Å². The van der Waals surface area contributed by atoms with Gasteiger partial charge in [0.05, 0.1) is 4.92 Å². The molecule has 1 unspecified atom stereocenters. The second kappa shape index (κ2) is 6.85. The highest BCUT2D eigenvalue weighted by molar-refractivity contribution is 5.72. The number of aryl methyl sites for hydroxylation is 2. The van der Waals surface area contributed by atoms with Gasteiger partial charge in [-0.15, -0.1) is 0 Å². The Morgan fingerprint density at radius 1 is 1.40 bits per heavy atom. The number of hydrogen-bond acceptors (Lipinski definition) is 5. The van der Waals surface area contributed by atoms with Crippen LogP contribution in [0.15, 0.2) is 12.1 Å². The van der Waals surface area contributed by atoms with Crippen LogP contribution in [0, 0.1) is 24.0 Å². The number of hydrogen-bond donors (Lipinski definition) is 1. The van der Waals surface area contributed by atoms with Gasteiger partial charge in [0.2, 0.25) is 0 Å². The highest BCUT2D eigenvalue weighted by Crippen LogP contribution is 2.27. The molecule has 0 aliphatic rings. The highest BCUT2D eigenvalue weighted by Gasteiger charge is 2.20. The maximum atomic E-state index is 10.9. The number of rotatable bonds is 7. The number of carboxylic acids is 1. The lowest BCUT2D eigenvalue weighted by atomic mass is 10.1. The third kappa shape index (κ3) is 3.92. The largest absolute Gasteiger partial charge is 0.490 e. The Morgan fingerprint density at radius 3 is 2.55 bits per heavy atom. The van der Waals surface area contributed by atoms with Crippen LogP contribution in [0.4, 0.5) is 5.69 Å². The van der Waals surface area contributed by atoms with Crippen LogP contribution in [0.25, 0.3) is 0 Å². The molecule has 0 bridgehead atoms. The van der Waals surface area contributed by atoms with E-state index in [0.29, 0.717) is 16.9 Å². The van der Waals surface area contributed by atoms with Crippen LogP contribution in [-0.4, -0.2) is 35.3 Å². The summed E-state index contributed by atoms with van der Waals surface area (Å²) < 4.78 is 10.4. The quantitative estimate of drug-likeness (QED) is 0.607. The molecule has 7 nitrogen and oxygen atoms in total. The van der Waals surface area contributed by atoms with Crippen molar-refractivity contribution in [3.8, 4) is 5.75 Å². The van der Waals surface area contributed by atoms with Crippen LogP contribution in [0.3, 0.4) is 0 Å². The highest BCUT2D eigenvalue weighted by atomic mass is 16.6. The number of carbonyl (C=O) groups is 1. The number of nitro benzene ring substituents is 1. The van der Waals surface area contributed by atoms with Crippen molar-refractivity contribution in [1.82, 2.24) is 0 Å². The second-order valence-electron chi connectivity index (χ2n) is 4.25. The Morgan fingerprint density at radius 2 is 2.05 bits per heavy atom. The Labute approximate surface area is 116 Å². The zero-order chi connectivity index (χ0) is 15.3. The van der Waals surface area contributed by atoms with Gasteiger partial charge in [0, 0.05) is 18.2 Å². The molecule has 1 aromatic rings. The number of carboxylic acid groups (broad SMARTS) is 1. The van der Waals surface area contributed by atoms with Crippen LogP contribution in [-0.2, 0) is 9.53 Å². The molecule has 0 spiro atoms. The van der Waals surface area contributed by atoms with Crippen molar-refractivity contribution >= 4 is 11.7 Å². The average molecular weight is 283 g/mol. The van der Waals surface area contributed by atoms with Gasteiger partial charge in [0.15, 0.2) is 6.10 Å². The first-order valence-corrected chi connectivity index (χ1v) is 6.09. The number of nitro groups is 1. The lowest BCUT2D eigenvalue weighted by Gasteiger charge is -2.15. The molecule has 0 saturated heterocycles. The monoisotopic (exact) mass is 283 g/mol. The molecule has 110 valence electrons. The standard InChI is InChI=1S/C13H17NO6/c1-4-19-12(13(15)16)7-20-11-6-8(2)10(14(17)18)5-9(11)3/h5-6,12H,4,7H2,1-3H3,(H,15,16). The van der Waals surface area contributed by atoms with Crippen molar-refractivity contribution in [2.75, 3.05) is 13.2 Å². The summed E-state index contributed by atoms with van der Waals surface area (Å²) in [5.74, 6) is -0.692. The number of benzene rings is 1. The summed E-state index contributed by atoms with van der Waals surface area (Å²) in [6, 6.07) is 2.93. The molecule has 1 aromatic carbocycles. The molecule has 20 heavy (non-hydrogen) atoms. The summed E-state index contributed by atoms with van der Waals surface area (Å²) in [4.78, 5) is 21.2. The zero-order valence-corrected chi connectivity index (χ0v) is 11.6. The Bertz CT molecular complexity index is 514. The first-order chi connectivity index (χ1) is 9.36. The average Bonchev–Trinajstić information content (AvgIpc) is 2.36. The molecule has 0 aliphatic heterocycles. The van der Waals surface area contributed by atoms with E-state index in [9.17, 15) is 14.9 Å². The molecule has 1 rings (SSSR count). The third-order valence-corrected chi connectivity index (χ3v) is 2.72. The fourth-order valence-corrected chi connectivity index (χ4v) is 1.68. The number of ether oxygens (including phenoxy) is 2. The molecule has 0 fully saturated rings. The summed E-state index contributed by atoms with van der Waals surface area (Å²) in [7, 11) is 0. The van der Waals surface area contributed by atoms with E-state index < -0.39 is 17.0 Å². The van der Waals surface area contributed by atoms with Crippen molar-refractivity contribution < 1.29 is 24.3 Å². The molecular formula is C13H17NO6. The fourth-order valence-electron chi connectivity index (χ4n) is 1.68. The van der Waals surface area contributed by atoms with Crippen molar-refractivity contribution in [3.05, 3.63) is 33.4 Å². The van der Waals surface area contributed by atoms with Gasteiger partial charge in [0.25, 0.3) is 5.69 Å². The van der Waals surface area contributed by atoms with Crippen molar-refractivity contribution in [2.24, 2.45) is 0 Å². The van der Waals surface area contributed by atoms with E-state index in [4.69, 9.17) is 14.6 Å². The second-order valence-corrected chi connectivity index (χ2v) is 4.25. The van der Waals surface area contributed by atoms with E-state index in [1.807, 2.05) is 0 Å². The van der Waals surface area contributed by atoms with Crippen LogP contribution in [0.5, 0.6) is 5.75 Å². The SMILES string of the molecule is CCOC(COc1cc(C)c([N+](=O)[O-])cc1C)C(=O)O. The maximum absolute atomic E-state index is 10.9. The normalized spacial score (nSPS) is 11.9. The molecule has 0 saturated carbocycles. The van der Waals surface area contributed by atoms with Gasteiger partial charge in [-0.3, -0.25) is 10.1 Å². The molecule has 1 atom stereocenters. The van der Waals surface area contributed by atoms with Crippen molar-refractivity contribution in [2.45, 2.75) is 26.9 Å². The summed E-state index contributed by atoms with van der Waals surface area (Å²) in [6.07, 6.45) is -1.06. The predicted molar refractivity (Wildman–Crippen MR) is 71.1 cm³/mol. The number of nitrogens with zero attached hydrogens (tertiary/aromatic N) is 1. The Kier molecular flexibility index (Phi) is 5.45. The number of aliphatic carboxylic acids is 1. The summed E-state index contributed by atoms with van der Waals surface area (Å²) in [5, 5.41) is 19.7. The minimum atomic E-state index is -1.11. The first kappa shape index (κ1) is 15.9. The Balaban J connectivity index is 2.85. The molecule has 7 heteroatoms. The van der Waals surface area contributed by atoms with Crippen LogP contribution < -0.4 is 4.74 Å². The van der Waals surface area contributed by atoms with Crippen molar-refractivity contribution in [3.63, 3.8) is 0 Å². The topological polar surface area (TPSA) is 98.9 Å². The van der Waals surface area contributed by atoms with E-state index in [2.05, 4.69) is 0 Å². The minimum Gasteiger partial charge on any atom is -0.490 e. The predicted octanol–water partition coefficient (Wildman–Crippen LogP) is 2.08. The van der Waals surface area contributed by atoms with E-state index in [1.165, 1.54) is 12.1 Å². The van der Waals surface area contributed by atoms with Gasteiger partial charge in [-0.05, 0) is 32.4 Å². The molecule has 0 radical (unpaired) electrons. The molecule has 0 aromatic heterocycles. The minimum absolute atomic E-state index is 0.00874. The lowest BCUT2D eigenvalue weighted by molar-refractivity contribution is -0.385. The van der Waals surface area contributed by atoms with E-state index in [1.54, 1.807) is 20.8 Å². The van der Waals surface area contributed by atoms with Crippen LogP contribution in [0.1, 0.15) is 18.1 Å². The Hall–Kier alpha value is -2.15. The molecule has 0 heterocycles. The molecular weight excluding hydrogens is 266 g/mol. The van der Waals surface area contributed by atoms with Gasteiger partial charge < -0.3 is 14.6 Å². The van der Waals surface area contributed by atoms with Gasteiger partial charge in [-0.2, -0.15) is 0 Å². The molecule has 0 amide bonds. The van der Waals surface area contributed by atoms with Gasteiger partial charge in [-0.1, -0.05) is 0 Å². The third-order valence-electron chi connectivity index (χ3n) is 2.72. The summed E-state index contributed by atoms with van der Waals surface area (Å²) in [6.45, 7) is 5.07. The molecule has 1 N–H and O–H groups in total.